The van der Waals surface area contributed by atoms with Crippen molar-refractivity contribution in [2.24, 2.45) is 5.73 Å². The molecule has 1 aliphatic carbocycles. The normalized spacial score (nSPS) is 17.0. The summed E-state index contributed by atoms with van der Waals surface area (Å²) in [5.74, 6) is -0.305. The molecule has 0 unspecified atom stereocenters. The van der Waals surface area contributed by atoms with Crippen LogP contribution in [0, 0.1) is 0 Å². The Balaban J connectivity index is 1.34. The molecule has 29 heavy (non-hydrogen) atoms. The van der Waals surface area contributed by atoms with Crippen molar-refractivity contribution in [3.8, 4) is 5.75 Å². The Labute approximate surface area is 174 Å². The lowest BCUT2D eigenvalue weighted by Gasteiger charge is -2.35. The molecule has 7 nitrogen and oxygen atoms in total. The maximum atomic E-state index is 12.6. The fourth-order valence-corrected chi connectivity index (χ4v) is 5.42. The maximum absolute atomic E-state index is 12.6. The molecule has 0 saturated carbocycles. The second-order valence-electron chi connectivity index (χ2n) is 7.61. The van der Waals surface area contributed by atoms with E-state index in [1.54, 1.807) is 12.1 Å². The van der Waals surface area contributed by atoms with Crippen LogP contribution in [0.2, 0.25) is 0 Å². The van der Waals surface area contributed by atoms with Crippen LogP contribution in [0.5, 0.6) is 5.75 Å². The van der Waals surface area contributed by atoms with Gasteiger partial charge in [0.1, 0.15) is 10.8 Å². The van der Waals surface area contributed by atoms with Crippen molar-refractivity contribution in [3.05, 3.63) is 40.3 Å². The van der Waals surface area contributed by atoms with Crippen LogP contribution in [0.4, 0.5) is 10.7 Å². The van der Waals surface area contributed by atoms with E-state index < -0.39 is 5.91 Å². The molecule has 4 rings (SSSR count). The minimum absolute atomic E-state index is 0.107. The number of carbonyl (C=O) groups is 2. The molecule has 0 spiro atoms. The topological polar surface area (TPSA) is 98.9 Å². The molecule has 154 valence electrons. The molecule has 1 aliphatic heterocycles. The molecule has 8 heteroatoms. The number of primary amides is 1. The van der Waals surface area contributed by atoms with E-state index in [1.807, 2.05) is 12.1 Å². The third-order valence-corrected chi connectivity index (χ3v) is 6.83. The highest BCUT2D eigenvalue weighted by Crippen LogP contribution is 2.37. The van der Waals surface area contributed by atoms with Gasteiger partial charge >= 0.3 is 0 Å². The van der Waals surface area contributed by atoms with Crippen molar-refractivity contribution < 1.29 is 14.7 Å². The first-order chi connectivity index (χ1) is 14.0. The summed E-state index contributed by atoms with van der Waals surface area (Å²) in [5, 5.41) is 13.0. The molecular formula is C21H26N4O3S. The van der Waals surface area contributed by atoms with Crippen molar-refractivity contribution in [3.63, 3.8) is 0 Å². The Morgan fingerprint density at radius 2 is 1.76 bits per heavy atom. The zero-order valence-corrected chi connectivity index (χ0v) is 17.1. The van der Waals surface area contributed by atoms with E-state index >= 15 is 0 Å². The van der Waals surface area contributed by atoms with Gasteiger partial charge in [0.15, 0.2) is 0 Å². The summed E-state index contributed by atoms with van der Waals surface area (Å²) in [6, 6.07) is 7.18. The van der Waals surface area contributed by atoms with Crippen LogP contribution in [0.25, 0.3) is 0 Å². The summed E-state index contributed by atoms with van der Waals surface area (Å²) in [7, 11) is 0. The number of anilines is 2. The lowest BCUT2D eigenvalue weighted by Crippen LogP contribution is -2.48. The van der Waals surface area contributed by atoms with Crippen LogP contribution in [-0.2, 0) is 17.6 Å². The number of aromatic hydroxyl groups is 1. The molecule has 1 fully saturated rings. The number of benzene rings is 1. The summed E-state index contributed by atoms with van der Waals surface area (Å²) in [6.45, 7) is 3.48. The number of phenolic OH excluding ortho intramolecular Hbond substituents is 1. The van der Waals surface area contributed by atoms with Gasteiger partial charge in [-0.3, -0.25) is 14.5 Å². The molecule has 1 aromatic heterocycles. The van der Waals surface area contributed by atoms with E-state index in [4.69, 9.17) is 5.73 Å². The summed E-state index contributed by atoms with van der Waals surface area (Å²) in [4.78, 5) is 30.1. The Morgan fingerprint density at radius 1 is 1.07 bits per heavy atom. The van der Waals surface area contributed by atoms with E-state index in [-0.39, 0.29) is 11.7 Å². The predicted molar refractivity (Wildman–Crippen MR) is 115 cm³/mol. The zero-order valence-electron chi connectivity index (χ0n) is 16.3. The van der Waals surface area contributed by atoms with Gasteiger partial charge in [-0.2, -0.15) is 0 Å². The number of nitrogens with two attached hydrogens (primary N) is 1. The van der Waals surface area contributed by atoms with Gasteiger partial charge in [-0.25, -0.2) is 0 Å². The quantitative estimate of drug-likeness (QED) is 0.697. The first kappa shape index (κ1) is 19.7. The fraction of sp³-hybridized carbons (Fsp3) is 0.429. The second-order valence-corrected chi connectivity index (χ2v) is 8.71. The Hall–Kier alpha value is -2.58. The molecule has 0 atom stereocenters. The van der Waals surface area contributed by atoms with Gasteiger partial charge in [0.25, 0.3) is 5.91 Å². The average Bonchev–Trinajstić information content (AvgIpc) is 3.07. The molecule has 2 amide bonds. The fourth-order valence-electron chi connectivity index (χ4n) is 4.11. The largest absolute Gasteiger partial charge is 0.508 e. The molecule has 1 saturated heterocycles. The van der Waals surface area contributed by atoms with Crippen LogP contribution in [0.1, 0.15) is 33.6 Å². The highest BCUT2D eigenvalue weighted by atomic mass is 32.1. The van der Waals surface area contributed by atoms with Crippen molar-refractivity contribution in [1.29, 1.82) is 0 Å². The number of thiophene rings is 1. The summed E-state index contributed by atoms with van der Waals surface area (Å²) in [6.07, 6.45) is 3.99. The zero-order chi connectivity index (χ0) is 20.4. The number of fused-ring (bicyclic) bond motifs is 1. The number of carbonyl (C=O) groups excluding carboxylic acids is 2. The average molecular weight is 415 g/mol. The molecule has 4 N–H and O–H groups in total. The van der Waals surface area contributed by atoms with Gasteiger partial charge in [-0.15, -0.1) is 11.3 Å². The van der Waals surface area contributed by atoms with E-state index in [9.17, 15) is 14.7 Å². The summed E-state index contributed by atoms with van der Waals surface area (Å²) < 4.78 is 0. The Morgan fingerprint density at radius 3 is 2.45 bits per heavy atom. The molecule has 2 aliphatic rings. The van der Waals surface area contributed by atoms with Gasteiger partial charge in [-0.05, 0) is 55.5 Å². The van der Waals surface area contributed by atoms with Crippen LogP contribution in [0.15, 0.2) is 24.3 Å². The number of piperazine rings is 1. The van der Waals surface area contributed by atoms with Crippen molar-refractivity contribution in [2.75, 3.05) is 42.9 Å². The lowest BCUT2D eigenvalue weighted by atomic mass is 9.95. The van der Waals surface area contributed by atoms with Crippen LogP contribution >= 0.6 is 11.3 Å². The van der Waals surface area contributed by atoms with Gasteiger partial charge in [0.2, 0.25) is 5.91 Å². The van der Waals surface area contributed by atoms with Crippen LogP contribution < -0.4 is 16.0 Å². The van der Waals surface area contributed by atoms with Gasteiger partial charge < -0.3 is 21.1 Å². The van der Waals surface area contributed by atoms with Gasteiger partial charge in [-0.1, -0.05) is 0 Å². The monoisotopic (exact) mass is 414 g/mol. The first-order valence-corrected chi connectivity index (χ1v) is 10.8. The molecular weight excluding hydrogens is 388 g/mol. The van der Waals surface area contributed by atoms with Gasteiger partial charge in [0, 0.05) is 36.7 Å². The minimum atomic E-state index is -0.456. The molecule has 0 radical (unpaired) electrons. The van der Waals surface area contributed by atoms with E-state index in [0.29, 0.717) is 17.1 Å². The van der Waals surface area contributed by atoms with E-state index in [2.05, 4.69) is 15.1 Å². The number of phenols is 1. The minimum Gasteiger partial charge on any atom is -0.508 e. The van der Waals surface area contributed by atoms with Crippen molar-refractivity contribution in [1.82, 2.24) is 4.90 Å². The number of hydrogen-bond acceptors (Lipinski definition) is 6. The Kier molecular flexibility index (Phi) is 5.73. The number of hydrogen-bond donors (Lipinski definition) is 3. The van der Waals surface area contributed by atoms with Crippen molar-refractivity contribution >= 4 is 33.8 Å². The maximum Gasteiger partial charge on any atom is 0.251 e. The third-order valence-electron chi connectivity index (χ3n) is 5.63. The second kappa shape index (κ2) is 8.42. The SMILES string of the molecule is NC(=O)c1c(NC(=O)CN2CCN(c3ccc(O)cc3)CC2)sc2c1CCCC2. The van der Waals surface area contributed by atoms with Crippen molar-refractivity contribution in [2.45, 2.75) is 25.7 Å². The predicted octanol–water partition coefficient (Wildman–Crippen LogP) is 2.19. The summed E-state index contributed by atoms with van der Waals surface area (Å²) >= 11 is 1.50. The molecule has 2 heterocycles. The molecule has 1 aromatic carbocycles. The standard InChI is InChI=1S/C21H26N4O3S/c22-20(28)19-16-3-1-2-4-17(16)29-21(19)23-18(27)13-24-9-11-25(12-10-24)14-5-7-15(26)8-6-14/h5-8,26H,1-4,9-13H2,(H2,22,28)(H,23,27). The number of amides is 2. The lowest BCUT2D eigenvalue weighted by molar-refractivity contribution is -0.117. The highest BCUT2D eigenvalue weighted by Gasteiger charge is 2.26. The van der Waals surface area contributed by atoms with Crippen LogP contribution in [-0.4, -0.2) is 54.5 Å². The first-order valence-electron chi connectivity index (χ1n) is 10.0. The number of nitrogens with zero attached hydrogens (tertiary/aromatic N) is 2. The van der Waals surface area contributed by atoms with Gasteiger partial charge in [0.05, 0.1) is 12.1 Å². The third kappa shape index (κ3) is 4.38. The number of nitrogens with one attached hydrogen (secondary N) is 1. The number of rotatable bonds is 5. The van der Waals surface area contributed by atoms with Crippen LogP contribution in [0.3, 0.4) is 0 Å². The number of aryl methyl sites for hydroxylation is 1. The van der Waals surface area contributed by atoms with E-state index in [1.165, 1.54) is 16.2 Å². The Bertz CT molecular complexity index is 901. The van der Waals surface area contributed by atoms with E-state index in [0.717, 1.165) is 63.1 Å². The smallest absolute Gasteiger partial charge is 0.251 e. The molecule has 0 bridgehead atoms. The summed E-state index contributed by atoms with van der Waals surface area (Å²) in [5.41, 5.74) is 8.22. The highest BCUT2D eigenvalue weighted by molar-refractivity contribution is 7.17. The molecule has 2 aromatic rings.